The smallest absolute Gasteiger partial charge is 0.309 e. The minimum absolute atomic E-state index is 0.0779. The minimum Gasteiger partial charge on any atom is -0.309 e. The molecular formula is C51H34N3+. The van der Waals surface area contributed by atoms with Crippen LogP contribution in [-0.2, 0) is 0 Å². The van der Waals surface area contributed by atoms with E-state index < -0.39 is 0 Å². The topological polar surface area (TPSA) is 23.2 Å². The summed E-state index contributed by atoms with van der Waals surface area (Å²) in [5, 5.41) is 8.66. The summed E-state index contributed by atoms with van der Waals surface area (Å²) in [6.07, 6.45) is 2.13. The highest BCUT2D eigenvalue weighted by molar-refractivity contribution is 6.23. The van der Waals surface area contributed by atoms with E-state index in [9.17, 15) is 0 Å². The van der Waals surface area contributed by atoms with Crippen LogP contribution in [0.3, 0.4) is 0 Å². The molecule has 1 aliphatic heterocycles. The summed E-state index contributed by atoms with van der Waals surface area (Å²) in [4.78, 5) is 5.18. The monoisotopic (exact) mass is 688 g/mol. The van der Waals surface area contributed by atoms with Crippen LogP contribution in [0.4, 0.5) is 0 Å². The van der Waals surface area contributed by atoms with E-state index in [4.69, 9.17) is 4.99 Å². The molecule has 0 aliphatic carbocycles. The Morgan fingerprint density at radius 1 is 0.463 bits per heavy atom. The van der Waals surface area contributed by atoms with Gasteiger partial charge in [0.2, 0.25) is 6.04 Å². The van der Waals surface area contributed by atoms with Gasteiger partial charge < -0.3 is 4.57 Å². The average molecular weight is 689 g/mol. The van der Waals surface area contributed by atoms with Crippen LogP contribution in [0.5, 0.6) is 0 Å². The molecule has 0 radical (unpaired) electrons. The van der Waals surface area contributed by atoms with Crippen LogP contribution in [-0.4, -0.2) is 4.57 Å². The molecule has 10 aromatic rings. The molecule has 1 unspecified atom stereocenters. The molecule has 1 aliphatic rings. The van der Waals surface area contributed by atoms with Crippen LogP contribution in [0.25, 0.3) is 71.3 Å². The highest BCUT2D eigenvalue weighted by atomic mass is 15.0. The van der Waals surface area contributed by atoms with E-state index in [-0.39, 0.29) is 6.04 Å². The fourth-order valence-corrected chi connectivity index (χ4v) is 8.67. The largest absolute Gasteiger partial charge is 0.323 e. The van der Waals surface area contributed by atoms with Gasteiger partial charge in [0.25, 0.3) is 0 Å². The number of fused-ring (bicyclic) bond motifs is 7. The molecule has 2 aromatic heterocycles. The summed E-state index contributed by atoms with van der Waals surface area (Å²) in [7, 11) is 0. The van der Waals surface area contributed by atoms with E-state index in [2.05, 4.69) is 209 Å². The van der Waals surface area contributed by atoms with Gasteiger partial charge in [0.1, 0.15) is 0 Å². The number of aromatic nitrogens is 2. The Morgan fingerprint density at radius 3 is 1.94 bits per heavy atom. The SMILES string of the molecule is c1ccc(-c2c(-c3ccccc3)n(-c3ccc4ccccc4c3)c3ccc4c5ccc(C6=[n+]7ccccc7=NC6c6ccccc6)cc5ccc4c23)cc1. The van der Waals surface area contributed by atoms with Crippen LogP contribution >= 0.6 is 0 Å². The van der Waals surface area contributed by atoms with Crippen molar-refractivity contribution in [3.8, 4) is 28.1 Å². The first-order chi connectivity index (χ1) is 26.8. The molecule has 3 nitrogen and oxygen atoms in total. The van der Waals surface area contributed by atoms with Gasteiger partial charge in [-0.2, -0.15) is 4.24 Å². The van der Waals surface area contributed by atoms with Gasteiger partial charge in [-0.1, -0.05) is 163 Å². The normalized spacial score (nSPS) is 13.9. The van der Waals surface area contributed by atoms with E-state index in [0.717, 1.165) is 11.2 Å². The maximum Gasteiger partial charge on any atom is 0.323 e. The quantitative estimate of drug-likeness (QED) is 0.127. The lowest BCUT2D eigenvalue weighted by Gasteiger charge is -2.14. The highest BCUT2D eigenvalue weighted by Crippen LogP contribution is 2.46. The standard InChI is InChI=1S/C51H34N3/c1-4-15-35(16-5-1)47-48-44-28-24-39-32-40(51-49(36-17-6-2-7-18-36)52-46-22-12-13-31-53(46)51)25-27-42(39)43(44)29-30-45(48)54(50(47)37-19-8-3-9-20-37)41-26-23-34-14-10-11-21-38(34)33-41/h1-33,49H/q+1. The molecule has 54 heavy (non-hydrogen) atoms. The fraction of sp³-hybridized carbons (Fsp3) is 0.0196. The molecule has 3 heterocycles. The van der Waals surface area contributed by atoms with Crippen molar-refractivity contribution in [2.75, 3.05) is 0 Å². The van der Waals surface area contributed by atoms with Crippen molar-refractivity contribution < 1.29 is 4.24 Å². The third kappa shape index (κ3) is 4.76. The third-order valence-corrected chi connectivity index (χ3v) is 11.1. The summed E-state index contributed by atoms with van der Waals surface area (Å²) < 4.78 is 4.72. The second-order valence-electron chi connectivity index (χ2n) is 14.1. The van der Waals surface area contributed by atoms with Gasteiger partial charge in [-0.3, -0.25) is 0 Å². The van der Waals surface area contributed by atoms with E-state index in [1.165, 1.54) is 82.4 Å². The molecule has 252 valence electrons. The van der Waals surface area contributed by atoms with Crippen LogP contribution in [0.15, 0.2) is 205 Å². The third-order valence-electron chi connectivity index (χ3n) is 11.1. The van der Waals surface area contributed by atoms with Crippen molar-refractivity contribution in [1.29, 1.82) is 0 Å². The molecule has 3 heteroatoms. The second kappa shape index (κ2) is 12.3. The number of hydrogen-bond donors (Lipinski definition) is 0. The summed E-state index contributed by atoms with van der Waals surface area (Å²) in [6.45, 7) is 0. The van der Waals surface area contributed by atoms with Gasteiger partial charge in [0.15, 0.2) is 5.71 Å². The summed E-state index contributed by atoms with van der Waals surface area (Å²) in [5.74, 6) is 0. The summed E-state index contributed by atoms with van der Waals surface area (Å²) in [6, 6.07) is 70.3. The van der Waals surface area contributed by atoms with Gasteiger partial charge >= 0.3 is 5.49 Å². The summed E-state index contributed by atoms with van der Waals surface area (Å²) >= 11 is 0. The van der Waals surface area contributed by atoms with Gasteiger partial charge in [-0.15, -0.1) is 0 Å². The number of hydrogen-bond acceptors (Lipinski definition) is 1. The first kappa shape index (κ1) is 30.5. The van der Waals surface area contributed by atoms with E-state index in [1.54, 1.807) is 0 Å². The minimum atomic E-state index is -0.0779. The van der Waals surface area contributed by atoms with E-state index in [1.807, 2.05) is 0 Å². The summed E-state index contributed by atoms with van der Waals surface area (Å²) in [5.41, 5.74) is 11.7. The van der Waals surface area contributed by atoms with Crippen LogP contribution in [0, 0.1) is 5.71 Å². The molecule has 0 fully saturated rings. The van der Waals surface area contributed by atoms with E-state index >= 15 is 0 Å². The van der Waals surface area contributed by atoms with Gasteiger partial charge in [0.05, 0.1) is 17.4 Å². The Morgan fingerprint density at radius 2 is 1.13 bits per heavy atom. The fourth-order valence-electron chi connectivity index (χ4n) is 8.67. The molecule has 8 aromatic carbocycles. The average Bonchev–Trinajstić information content (AvgIpc) is 3.81. The Labute approximate surface area is 312 Å². The van der Waals surface area contributed by atoms with Crippen molar-refractivity contribution in [2.24, 2.45) is 4.99 Å². The van der Waals surface area contributed by atoms with Crippen LogP contribution in [0.2, 0.25) is 0 Å². The van der Waals surface area contributed by atoms with Crippen molar-refractivity contribution in [3.05, 3.63) is 223 Å². The molecule has 0 saturated heterocycles. The van der Waals surface area contributed by atoms with Crippen LogP contribution in [0.1, 0.15) is 17.2 Å². The molecule has 0 saturated carbocycles. The Kier molecular flexibility index (Phi) is 6.93. The lowest BCUT2D eigenvalue weighted by molar-refractivity contribution is -0.533. The first-order valence-electron chi connectivity index (χ1n) is 18.6. The number of benzene rings is 8. The van der Waals surface area contributed by atoms with Crippen molar-refractivity contribution in [3.63, 3.8) is 0 Å². The molecule has 1 atom stereocenters. The molecule has 0 bridgehead atoms. The second-order valence-corrected chi connectivity index (χ2v) is 14.1. The number of nitrogens with zero attached hydrogens (tertiary/aromatic N) is 3. The Hall–Kier alpha value is -7.10. The van der Waals surface area contributed by atoms with Gasteiger partial charge in [-0.25, -0.2) is 0 Å². The van der Waals surface area contributed by atoms with Gasteiger partial charge in [-0.05, 0) is 73.8 Å². The molecular weight excluding hydrogens is 655 g/mol. The molecule has 0 N–H and O–H groups in total. The van der Waals surface area contributed by atoms with Crippen molar-refractivity contribution in [1.82, 2.24) is 4.57 Å². The zero-order chi connectivity index (χ0) is 35.6. The molecule has 0 amide bonds. The van der Waals surface area contributed by atoms with Crippen molar-refractivity contribution in [2.45, 2.75) is 6.04 Å². The predicted octanol–water partition coefficient (Wildman–Crippen LogP) is 11.5. The maximum absolute atomic E-state index is 5.18. The number of pyridine rings is 1. The van der Waals surface area contributed by atoms with Crippen LogP contribution < -0.4 is 9.73 Å². The zero-order valence-electron chi connectivity index (χ0n) is 29.5. The first-order valence-corrected chi connectivity index (χ1v) is 18.6. The Bertz CT molecular complexity index is 3200. The van der Waals surface area contributed by atoms with Crippen molar-refractivity contribution >= 4 is 43.2 Å². The maximum atomic E-state index is 5.18. The lowest BCUT2D eigenvalue weighted by Crippen LogP contribution is -2.36. The van der Waals surface area contributed by atoms with E-state index in [0.29, 0.717) is 0 Å². The zero-order valence-corrected chi connectivity index (χ0v) is 29.5. The number of rotatable bonds is 5. The predicted molar refractivity (Wildman–Crippen MR) is 221 cm³/mol. The highest BCUT2D eigenvalue weighted by Gasteiger charge is 2.32. The lowest BCUT2D eigenvalue weighted by atomic mass is 9.91. The molecule has 11 rings (SSSR count). The molecule has 0 spiro atoms. The van der Waals surface area contributed by atoms with Gasteiger partial charge in [0, 0.05) is 33.8 Å². The Balaban J connectivity index is 1.19.